The minimum Gasteiger partial charge on any atom is -0.388 e. The Bertz CT molecular complexity index is 558. The van der Waals surface area contributed by atoms with Crippen molar-refractivity contribution >= 4 is 17.8 Å². The van der Waals surface area contributed by atoms with Gasteiger partial charge in [-0.2, -0.15) is 10.5 Å². The third-order valence-electron chi connectivity index (χ3n) is 1.80. The number of rotatable bonds is 2. The maximum Gasteiger partial charge on any atom is 0.174 e. The van der Waals surface area contributed by atoms with E-state index < -0.39 is 5.82 Å². The zero-order chi connectivity index (χ0) is 12.8. The highest BCUT2D eigenvalue weighted by Gasteiger charge is 2.05. The van der Waals surface area contributed by atoms with Gasteiger partial charge in [0.1, 0.15) is 23.7 Å². The fraction of sp³-hybridized carbons (Fsp3) is 0. The van der Waals surface area contributed by atoms with Gasteiger partial charge in [-0.25, -0.2) is 9.38 Å². The molecule has 0 saturated heterocycles. The molecule has 0 bridgehead atoms. The third-order valence-corrected chi connectivity index (χ3v) is 2.13. The van der Waals surface area contributed by atoms with Crippen LogP contribution in [0, 0.1) is 28.5 Å². The van der Waals surface area contributed by atoms with E-state index in [-0.39, 0.29) is 22.0 Å². The van der Waals surface area contributed by atoms with Crippen LogP contribution in [0.25, 0.3) is 0 Å². The van der Waals surface area contributed by atoms with Crippen molar-refractivity contribution in [3.05, 3.63) is 46.0 Å². The first-order valence-corrected chi connectivity index (χ1v) is 4.76. The quantitative estimate of drug-likeness (QED) is 0.642. The molecule has 0 radical (unpaired) electrons. The van der Waals surface area contributed by atoms with Gasteiger partial charge in [-0.05, 0) is 12.1 Å². The van der Waals surface area contributed by atoms with Crippen molar-refractivity contribution < 1.29 is 4.39 Å². The molecule has 0 aliphatic heterocycles. The van der Waals surface area contributed by atoms with Crippen LogP contribution in [0.4, 0.5) is 4.39 Å². The summed E-state index contributed by atoms with van der Waals surface area (Å²) >= 11 is 5.74. The van der Waals surface area contributed by atoms with Crippen molar-refractivity contribution in [1.29, 1.82) is 10.5 Å². The van der Waals surface area contributed by atoms with Gasteiger partial charge in [0.25, 0.3) is 0 Å². The van der Waals surface area contributed by atoms with E-state index in [9.17, 15) is 4.39 Å². The van der Waals surface area contributed by atoms with Gasteiger partial charge in [0.15, 0.2) is 5.70 Å². The number of aliphatic imine (C=N–C) groups is 1. The second kappa shape index (κ2) is 5.64. The number of nitriles is 2. The molecule has 0 spiro atoms. The summed E-state index contributed by atoms with van der Waals surface area (Å²) in [5.41, 5.74) is 4.64. The van der Waals surface area contributed by atoms with Crippen LogP contribution in [0.3, 0.4) is 0 Å². The van der Waals surface area contributed by atoms with E-state index in [0.717, 1.165) is 6.21 Å². The molecule has 0 aliphatic rings. The number of hydrogen-bond donors (Lipinski definition) is 1. The van der Waals surface area contributed by atoms with Gasteiger partial charge < -0.3 is 5.73 Å². The van der Waals surface area contributed by atoms with Gasteiger partial charge in [-0.3, -0.25) is 0 Å². The Kier molecular flexibility index (Phi) is 4.21. The summed E-state index contributed by atoms with van der Waals surface area (Å²) in [7, 11) is 0. The Labute approximate surface area is 102 Å². The molecule has 17 heavy (non-hydrogen) atoms. The Morgan fingerprint density at radius 2 is 2.12 bits per heavy atom. The molecule has 84 valence electrons. The molecule has 0 aromatic heterocycles. The van der Waals surface area contributed by atoms with E-state index in [1.54, 1.807) is 12.1 Å². The van der Waals surface area contributed by atoms with Gasteiger partial charge in [-0.15, -0.1) is 0 Å². The van der Waals surface area contributed by atoms with E-state index in [2.05, 4.69) is 4.99 Å². The van der Waals surface area contributed by atoms with Gasteiger partial charge in [0.2, 0.25) is 0 Å². The molecule has 2 N–H and O–H groups in total. The molecule has 0 saturated carbocycles. The van der Waals surface area contributed by atoms with Crippen LogP contribution < -0.4 is 5.73 Å². The van der Waals surface area contributed by atoms with Crippen molar-refractivity contribution in [3.63, 3.8) is 0 Å². The van der Waals surface area contributed by atoms with E-state index in [1.165, 1.54) is 18.2 Å². The second-order valence-electron chi connectivity index (χ2n) is 2.88. The monoisotopic (exact) mass is 248 g/mol. The minimum absolute atomic E-state index is 0.0349. The van der Waals surface area contributed by atoms with E-state index in [1.807, 2.05) is 0 Å². The topological polar surface area (TPSA) is 86.0 Å². The number of halogens is 2. The third kappa shape index (κ3) is 3.04. The molecular formula is C11H6ClFN4. The van der Waals surface area contributed by atoms with Crippen LogP contribution in [0.2, 0.25) is 5.02 Å². The number of hydrogen-bond acceptors (Lipinski definition) is 4. The number of nitrogens with two attached hydrogens (primary N) is 1. The molecule has 6 heteroatoms. The largest absolute Gasteiger partial charge is 0.388 e. The Morgan fingerprint density at radius 1 is 1.41 bits per heavy atom. The molecule has 4 nitrogen and oxygen atoms in total. The predicted molar refractivity (Wildman–Crippen MR) is 61.4 cm³/mol. The van der Waals surface area contributed by atoms with Crippen LogP contribution in [-0.4, -0.2) is 6.21 Å². The summed E-state index contributed by atoms with van der Waals surface area (Å²) in [6.45, 7) is 0. The summed E-state index contributed by atoms with van der Waals surface area (Å²) in [4.78, 5) is 3.63. The van der Waals surface area contributed by atoms with Crippen LogP contribution in [0.5, 0.6) is 0 Å². The van der Waals surface area contributed by atoms with E-state index >= 15 is 0 Å². The predicted octanol–water partition coefficient (Wildman–Crippen LogP) is 2.12. The van der Waals surface area contributed by atoms with Gasteiger partial charge in [0, 0.05) is 11.8 Å². The number of benzene rings is 1. The van der Waals surface area contributed by atoms with Crippen molar-refractivity contribution in [2.24, 2.45) is 10.7 Å². The molecule has 0 atom stereocenters. The van der Waals surface area contributed by atoms with E-state index in [0.29, 0.717) is 0 Å². The molecule has 0 unspecified atom stereocenters. The van der Waals surface area contributed by atoms with Gasteiger partial charge in [0.05, 0.1) is 5.02 Å². The lowest BCUT2D eigenvalue weighted by molar-refractivity contribution is 0.626. The fourth-order valence-electron chi connectivity index (χ4n) is 0.975. The lowest BCUT2D eigenvalue weighted by Crippen LogP contribution is -1.98. The normalized spacial score (nSPS) is 11.8. The lowest BCUT2D eigenvalue weighted by Gasteiger charge is -1.98. The first-order valence-electron chi connectivity index (χ1n) is 4.38. The Morgan fingerprint density at radius 3 is 2.65 bits per heavy atom. The summed E-state index contributed by atoms with van der Waals surface area (Å²) in [5.74, 6) is -0.575. The molecule has 0 aliphatic carbocycles. The molecule has 1 aromatic rings. The van der Waals surface area contributed by atoms with Crippen molar-refractivity contribution in [2.45, 2.75) is 0 Å². The van der Waals surface area contributed by atoms with Crippen molar-refractivity contribution in [3.8, 4) is 12.1 Å². The standard InChI is InChI=1S/C11H6ClFN4/c12-8-2-1-3-9(13)7(8)6-17-11(5-15)10(16)4-14/h1-3,6H,16H2/b11-10-,17-6?. The molecule has 0 heterocycles. The maximum absolute atomic E-state index is 13.3. The lowest BCUT2D eigenvalue weighted by atomic mass is 10.2. The van der Waals surface area contributed by atoms with Crippen molar-refractivity contribution in [2.75, 3.05) is 0 Å². The summed E-state index contributed by atoms with van der Waals surface area (Å²) in [5, 5.41) is 17.3. The molecule has 0 amide bonds. The van der Waals surface area contributed by atoms with Gasteiger partial charge >= 0.3 is 0 Å². The Hall–Kier alpha value is -2.37. The van der Waals surface area contributed by atoms with Crippen molar-refractivity contribution in [1.82, 2.24) is 0 Å². The molecule has 1 aromatic carbocycles. The fourth-order valence-corrected chi connectivity index (χ4v) is 1.19. The maximum atomic E-state index is 13.3. The van der Waals surface area contributed by atoms with Crippen LogP contribution in [0.15, 0.2) is 34.6 Å². The minimum atomic E-state index is -0.575. The Balaban J connectivity index is 3.17. The second-order valence-corrected chi connectivity index (χ2v) is 3.29. The molecular weight excluding hydrogens is 243 g/mol. The summed E-state index contributed by atoms with van der Waals surface area (Å²) in [6, 6.07) is 7.34. The van der Waals surface area contributed by atoms with E-state index in [4.69, 9.17) is 27.9 Å². The highest BCUT2D eigenvalue weighted by Crippen LogP contribution is 2.17. The first kappa shape index (κ1) is 12.7. The zero-order valence-electron chi connectivity index (χ0n) is 8.48. The zero-order valence-corrected chi connectivity index (χ0v) is 9.24. The highest BCUT2D eigenvalue weighted by molar-refractivity contribution is 6.33. The number of nitrogens with zero attached hydrogens (tertiary/aromatic N) is 3. The summed E-state index contributed by atoms with van der Waals surface area (Å²) in [6.07, 6.45) is 1.06. The molecule has 1 rings (SSSR count). The first-order chi connectivity index (χ1) is 8.10. The highest BCUT2D eigenvalue weighted by atomic mass is 35.5. The van der Waals surface area contributed by atoms with Crippen LogP contribution >= 0.6 is 11.6 Å². The number of allylic oxidation sites excluding steroid dienone is 2. The van der Waals surface area contributed by atoms with Crippen LogP contribution in [0.1, 0.15) is 5.56 Å². The van der Waals surface area contributed by atoms with Crippen LogP contribution in [-0.2, 0) is 0 Å². The SMILES string of the molecule is N#C/C(N)=C(\C#N)N=Cc1c(F)cccc1Cl. The smallest absolute Gasteiger partial charge is 0.174 e. The van der Waals surface area contributed by atoms with Gasteiger partial charge in [-0.1, -0.05) is 17.7 Å². The average Bonchev–Trinajstić information content (AvgIpc) is 2.32. The average molecular weight is 249 g/mol. The summed E-state index contributed by atoms with van der Waals surface area (Å²) < 4.78 is 13.3. The molecule has 0 fully saturated rings.